The van der Waals surface area contributed by atoms with Crippen LogP contribution in [0.2, 0.25) is 0 Å². The normalized spacial score (nSPS) is 15.2. The number of halogens is 1. The summed E-state index contributed by atoms with van der Waals surface area (Å²) in [6.07, 6.45) is -0.896. The molecule has 0 N–H and O–H groups in total. The quantitative estimate of drug-likeness (QED) is 0.574. The van der Waals surface area contributed by atoms with Crippen LogP contribution >= 0.6 is 15.9 Å². The molecule has 0 saturated carbocycles. The van der Waals surface area contributed by atoms with Crippen molar-refractivity contribution in [2.75, 3.05) is 13.2 Å². The number of benzene rings is 2. The molecule has 2 aromatic rings. The minimum atomic E-state index is -0.896. The summed E-state index contributed by atoms with van der Waals surface area (Å²) in [7, 11) is 0. The maximum atomic E-state index is 12.5. The summed E-state index contributed by atoms with van der Waals surface area (Å²) in [6.45, 7) is 2.21. The lowest BCUT2D eigenvalue weighted by molar-refractivity contribution is -0.144. The summed E-state index contributed by atoms with van der Waals surface area (Å²) >= 11 is 3.31. The van der Waals surface area contributed by atoms with Crippen LogP contribution in [-0.2, 0) is 4.79 Å². The van der Waals surface area contributed by atoms with E-state index in [0.717, 1.165) is 0 Å². The Hall–Kier alpha value is -2.72. The van der Waals surface area contributed by atoms with Crippen molar-refractivity contribution < 1.29 is 23.7 Å². The van der Waals surface area contributed by atoms with Crippen molar-refractivity contribution in [1.82, 2.24) is 0 Å². The maximum Gasteiger partial charge on any atom is 0.356 e. The summed E-state index contributed by atoms with van der Waals surface area (Å²) in [5.41, 5.74) is 0.390. The summed E-state index contributed by atoms with van der Waals surface area (Å²) in [5, 5.41) is 9.05. The van der Waals surface area contributed by atoms with Gasteiger partial charge in [-0.3, -0.25) is 0 Å². The van der Waals surface area contributed by atoms with Crippen molar-refractivity contribution in [2.24, 2.45) is 0 Å². The Morgan fingerprint density at radius 1 is 1.36 bits per heavy atom. The minimum Gasteiger partial charge on any atom is -0.490 e. The van der Waals surface area contributed by atoms with Gasteiger partial charge in [0.15, 0.2) is 23.0 Å². The number of nitrogens with zero attached hydrogens (tertiary/aromatic N) is 1. The van der Waals surface area contributed by atoms with E-state index in [0.29, 0.717) is 33.9 Å². The molecule has 1 atom stereocenters. The SMILES string of the molecule is CCOc1cc(C#N)cc(Br)c1OC(=O)[C@@H]1COc2ccccc2O1. The molecule has 2 aromatic carbocycles. The fourth-order valence-corrected chi connectivity index (χ4v) is 2.82. The van der Waals surface area contributed by atoms with Gasteiger partial charge in [0.1, 0.15) is 6.61 Å². The maximum absolute atomic E-state index is 12.5. The van der Waals surface area contributed by atoms with Crippen LogP contribution in [0.3, 0.4) is 0 Å². The number of esters is 1. The standard InChI is InChI=1S/C18H14BrNO5/c1-2-22-15-8-11(9-20)7-12(19)17(15)25-18(21)16-10-23-13-5-3-4-6-14(13)24-16/h3-8,16H,2,10H2,1H3/t16-/m0/s1. The lowest BCUT2D eigenvalue weighted by atomic mass is 10.2. The number of carbonyl (C=O) groups excluding carboxylic acids is 1. The molecular weight excluding hydrogens is 390 g/mol. The smallest absolute Gasteiger partial charge is 0.356 e. The van der Waals surface area contributed by atoms with E-state index in [4.69, 9.17) is 24.2 Å². The highest BCUT2D eigenvalue weighted by Gasteiger charge is 2.30. The third-order valence-corrected chi connectivity index (χ3v) is 4.00. The van der Waals surface area contributed by atoms with Gasteiger partial charge in [0, 0.05) is 6.07 Å². The molecule has 7 heteroatoms. The van der Waals surface area contributed by atoms with Crippen LogP contribution in [-0.4, -0.2) is 25.3 Å². The Balaban J connectivity index is 1.81. The van der Waals surface area contributed by atoms with Crippen LogP contribution in [0.5, 0.6) is 23.0 Å². The molecule has 0 unspecified atom stereocenters. The largest absolute Gasteiger partial charge is 0.490 e. The molecule has 0 fully saturated rings. The molecule has 1 heterocycles. The minimum absolute atomic E-state index is 0.0493. The lowest BCUT2D eigenvalue weighted by Crippen LogP contribution is -2.39. The number of rotatable bonds is 4. The molecule has 25 heavy (non-hydrogen) atoms. The molecule has 6 nitrogen and oxygen atoms in total. The van der Waals surface area contributed by atoms with Crippen molar-refractivity contribution in [2.45, 2.75) is 13.0 Å². The van der Waals surface area contributed by atoms with Gasteiger partial charge in [0.05, 0.1) is 22.7 Å². The fraction of sp³-hybridized carbons (Fsp3) is 0.222. The first-order valence-electron chi connectivity index (χ1n) is 7.59. The van der Waals surface area contributed by atoms with Crippen LogP contribution < -0.4 is 18.9 Å². The van der Waals surface area contributed by atoms with Crippen molar-refractivity contribution in [3.63, 3.8) is 0 Å². The van der Waals surface area contributed by atoms with Crippen LogP contribution in [0.15, 0.2) is 40.9 Å². The van der Waals surface area contributed by atoms with Crippen molar-refractivity contribution >= 4 is 21.9 Å². The topological polar surface area (TPSA) is 77.8 Å². The van der Waals surface area contributed by atoms with Crippen molar-refractivity contribution in [3.05, 3.63) is 46.4 Å². The summed E-state index contributed by atoms with van der Waals surface area (Å²) < 4.78 is 22.5. The highest BCUT2D eigenvalue weighted by atomic mass is 79.9. The number of hydrogen-bond acceptors (Lipinski definition) is 6. The number of carbonyl (C=O) groups is 1. The molecule has 0 bridgehead atoms. The first kappa shape index (κ1) is 17.1. The summed E-state index contributed by atoms with van der Waals surface area (Å²) in [6, 6.07) is 12.2. The van der Waals surface area contributed by atoms with E-state index in [1.54, 1.807) is 31.2 Å². The third-order valence-electron chi connectivity index (χ3n) is 3.41. The molecule has 0 aliphatic carbocycles. The molecule has 0 amide bonds. The number of nitriles is 1. The first-order chi connectivity index (χ1) is 12.1. The summed E-state index contributed by atoms with van der Waals surface area (Å²) in [5.74, 6) is 0.966. The number of para-hydroxylation sites is 2. The zero-order valence-corrected chi connectivity index (χ0v) is 14.9. The molecule has 1 aliphatic heterocycles. The van der Waals surface area contributed by atoms with Gasteiger partial charge in [-0.2, -0.15) is 5.26 Å². The lowest BCUT2D eigenvalue weighted by Gasteiger charge is -2.25. The number of hydrogen-bond donors (Lipinski definition) is 0. The highest BCUT2D eigenvalue weighted by molar-refractivity contribution is 9.10. The van der Waals surface area contributed by atoms with E-state index in [1.807, 2.05) is 12.1 Å². The Morgan fingerprint density at radius 2 is 2.12 bits per heavy atom. The summed E-state index contributed by atoms with van der Waals surface area (Å²) in [4.78, 5) is 12.5. The Morgan fingerprint density at radius 3 is 2.84 bits per heavy atom. The van der Waals surface area contributed by atoms with E-state index in [9.17, 15) is 4.79 Å². The monoisotopic (exact) mass is 403 g/mol. The second kappa shape index (κ2) is 7.45. The average molecular weight is 404 g/mol. The molecule has 3 rings (SSSR count). The molecule has 1 aliphatic rings. The van der Waals surface area contributed by atoms with E-state index < -0.39 is 12.1 Å². The Bertz CT molecular complexity index is 846. The zero-order chi connectivity index (χ0) is 17.8. The van der Waals surface area contributed by atoms with E-state index in [2.05, 4.69) is 15.9 Å². The van der Waals surface area contributed by atoms with Crippen LogP contribution in [0.1, 0.15) is 12.5 Å². The molecular formula is C18H14BrNO5. The van der Waals surface area contributed by atoms with E-state index in [1.165, 1.54) is 6.07 Å². The molecule has 0 radical (unpaired) electrons. The number of fused-ring (bicyclic) bond motifs is 1. The molecule has 0 spiro atoms. The third kappa shape index (κ3) is 3.69. The van der Waals surface area contributed by atoms with Gasteiger partial charge in [-0.25, -0.2) is 4.79 Å². The molecule has 128 valence electrons. The second-order valence-electron chi connectivity index (χ2n) is 5.12. The van der Waals surface area contributed by atoms with Gasteiger partial charge in [-0.1, -0.05) is 12.1 Å². The molecule has 0 saturated heterocycles. The Labute approximate surface area is 153 Å². The van der Waals surface area contributed by atoms with Crippen LogP contribution in [0, 0.1) is 11.3 Å². The fourth-order valence-electron chi connectivity index (χ4n) is 2.30. The van der Waals surface area contributed by atoms with E-state index >= 15 is 0 Å². The first-order valence-corrected chi connectivity index (χ1v) is 8.38. The van der Waals surface area contributed by atoms with Crippen molar-refractivity contribution in [3.8, 4) is 29.1 Å². The van der Waals surface area contributed by atoms with Gasteiger partial charge < -0.3 is 18.9 Å². The zero-order valence-electron chi connectivity index (χ0n) is 13.3. The van der Waals surface area contributed by atoms with Crippen molar-refractivity contribution in [1.29, 1.82) is 5.26 Å². The van der Waals surface area contributed by atoms with Gasteiger partial charge in [-0.05, 0) is 41.1 Å². The average Bonchev–Trinajstić information content (AvgIpc) is 2.63. The predicted octanol–water partition coefficient (Wildman–Crippen LogP) is 3.46. The Kier molecular flexibility index (Phi) is 5.10. The predicted molar refractivity (Wildman–Crippen MR) is 92.0 cm³/mol. The second-order valence-corrected chi connectivity index (χ2v) is 5.97. The highest BCUT2D eigenvalue weighted by Crippen LogP contribution is 2.38. The van der Waals surface area contributed by atoms with Gasteiger partial charge in [-0.15, -0.1) is 0 Å². The van der Waals surface area contributed by atoms with Gasteiger partial charge >= 0.3 is 5.97 Å². The van der Waals surface area contributed by atoms with Crippen LogP contribution in [0.25, 0.3) is 0 Å². The number of ether oxygens (including phenoxy) is 4. The van der Waals surface area contributed by atoms with E-state index in [-0.39, 0.29) is 12.4 Å². The van der Waals surface area contributed by atoms with Gasteiger partial charge in [0.25, 0.3) is 0 Å². The van der Waals surface area contributed by atoms with Crippen LogP contribution in [0.4, 0.5) is 0 Å². The molecule has 0 aromatic heterocycles. The van der Waals surface area contributed by atoms with Gasteiger partial charge in [0.2, 0.25) is 6.10 Å².